The van der Waals surface area contributed by atoms with E-state index < -0.39 is 0 Å². The van der Waals surface area contributed by atoms with Crippen LogP contribution in [0.25, 0.3) is 0 Å². The first kappa shape index (κ1) is 14.4. The van der Waals surface area contributed by atoms with Gasteiger partial charge in [0.2, 0.25) is 5.91 Å². The van der Waals surface area contributed by atoms with Gasteiger partial charge in [-0.1, -0.05) is 48.0 Å². The minimum absolute atomic E-state index is 0.185. The number of carbonyl (C=O) groups is 1. The Morgan fingerprint density at radius 3 is 2.50 bits per heavy atom. The molecule has 0 saturated carbocycles. The summed E-state index contributed by atoms with van der Waals surface area (Å²) in [7, 11) is 0. The summed E-state index contributed by atoms with van der Waals surface area (Å²) in [6, 6.07) is 14.1. The number of carbonyl (C=O) groups excluding carboxylic acids is 1. The first-order chi connectivity index (χ1) is 10.6. The van der Waals surface area contributed by atoms with E-state index in [4.69, 9.17) is 0 Å². The highest BCUT2D eigenvalue weighted by Crippen LogP contribution is 2.33. The molecule has 112 valence electrons. The predicted molar refractivity (Wildman–Crippen MR) is 84.0 cm³/mol. The van der Waals surface area contributed by atoms with Gasteiger partial charge in [-0.3, -0.25) is 4.79 Å². The number of rotatable bonds is 2. The van der Waals surface area contributed by atoms with Gasteiger partial charge in [-0.25, -0.2) is 9.40 Å². The SMILES string of the molecule is CC(=O)N1N=C(c2ccc(C)cc2)C[C@@H]1c1ccccc1F. The molecule has 0 unspecified atom stereocenters. The van der Waals surface area contributed by atoms with E-state index in [2.05, 4.69) is 5.10 Å². The van der Waals surface area contributed by atoms with Crippen molar-refractivity contribution in [3.63, 3.8) is 0 Å². The normalized spacial score (nSPS) is 17.5. The first-order valence-electron chi connectivity index (χ1n) is 7.25. The number of hydrogen-bond donors (Lipinski definition) is 0. The molecule has 0 bridgehead atoms. The Morgan fingerprint density at radius 1 is 1.18 bits per heavy atom. The number of hydrogen-bond acceptors (Lipinski definition) is 2. The second-order valence-corrected chi connectivity index (χ2v) is 5.52. The van der Waals surface area contributed by atoms with Crippen molar-refractivity contribution in [2.24, 2.45) is 5.10 Å². The maximum atomic E-state index is 14.1. The van der Waals surface area contributed by atoms with Crippen molar-refractivity contribution in [2.75, 3.05) is 0 Å². The Kier molecular flexibility index (Phi) is 3.75. The van der Waals surface area contributed by atoms with Crippen LogP contribution in [0.15, 0.2) is 53.6 Å². The highest BCUT2D eigenvalue weighted by molar-refractivity contribution is 6.03. The maximum absolute atomic E-state index is 14.1. The lowest BCUT2D eigenvalue weighted by atomic mass is 9.97. The summed E-state index contributed by atoms with van der Waals surface area (Å²) in [5.74, 6) is -0.491. The topological polar surface area (TPSA) is 32.7 Å². The predicted octanol–water partition coefficient (Wildman–Crippen LogP) is 3.83. The molecule has 0 spiro atoms. The number of amides is 1. The molecule has 2 aromatic carbocycles. The van der Waals surface area contributed by atoms with Crippen LogP contribution in [0, 0.1) is 12.7 Å². The summed E-state index contributed by atoms with van der Waals surface area (Å²) < 4.78 is 14.1. The number of benzene rings is 2. The minimum Gasteiger partial charge on any atom is -0.273 e. The maximum Gasteiger partial charge on any atom is 0.240 e. The number of halogens is 1. The highest BCUT2D eigenvalue weighted by atomic mass is 19.1. The molecule has 0 aliphatic carbocycles. The van der Waals surface area contributed by atoms with Crippen LogP contribution in [0.3, 0.4) is 0 Å². The Balaban J connectivity index is 1.96. The molecule has 2 aromatic rings. The second kappa shape index (κ2) is 5.72. The van der Waals surface area contributed by atoms with E-state index in [1.165, 1.54) is 18.0 Å². The average molecular weight is 296 g/mol. The van der Waals surface area contributed by atoms with Gasteiger partial charge in [0.1, 0.15) is 5.82 Å². The Labute approximate surface area is 129 Å². The van der Waals surface area contributed by atoms with Crippen LogP contribution < -0.4 is 0 Å². The Morgan fingerprint density at radius 2 is 1.86 bits per heavy atom. The smallest absolute Gasteiger partial charge is 0.240 e. The molecule has 0 N–H and O–H groups in total. The molecule has 22 heavy (non-hydrogen) atoms. The van der Waals surface area contributed by atoms with Crippen molar-refractivity contribution in [1.82, 2.24) is 5.01 Å². The van der Waals surface area contributed by atoms with Gasteiger partial charge in [0.05, 0.1) is 11.8 Å². The van der Waals surface area contributed by atoms with Crippen LogP contribution in [0.1, 0.15) is 36.1 Å². The number of nitrogens with zero attached hydrogens (tertiary/aromatic N) is 2. The van der Waals surface area contributed by atoms with Crippen LogP contribution >= 0.6 is 0 Å². The Hall–Kier alpha value is -2.49. The van der Waals surface area contributed by atoms with Gasteiger partial charge >= 0.3 is 0 Å². The van der Waals surface area contributed by atoms with E-state index in [0.717, 1.165) is 16.8 Å². The van der Waals surface area contributed by atoms with E-state index in [1.807, 2.05) is 31.2 Å². The fourth-order valence-corrected chi connectivity index (χ4v) is 2.71. The molecule has 1 heterocycles. The minimum atomic E-state index is -0.380. The molecule has 0 saturated heterocycles. The lowest BCUT2D eigenvalue weighted by molar-refractivity contribution is -0.130. The lowest BCUT2D eigenvalue weighted by Gasteiger charge is -2.20. The van der Waals surface area contributed by atoms with Gasteiger partial charge in [0.25, 0.3) is 0 Å². The van der Waals surface area contributed by atoms with Gasteiger partial charge < -0.3 is 0 Å². The van der Waals surface area contributed by atoms with Crippen molar-refractivity contribution < 1.29 is 9.18 Å². The molecular formula is C18H17FN2O. The van der Waals surface area contributed by atoms with Gasteiger partial charge in [-0.2, -0.15) is 5.10 Å². The van der Waals surface area contributed by atoms with Gasteiger partial charge in [0.15, 0.2) is 0 Å². The molecule has 1 aliphatic heterocycles. The third kappa shape index (κ3) is 2.64. The highest BCUT2D eigenvalue weighted by Gasteiger charge is 2.32. The molecule has 1 amide bonds. The zero-order chi connectivity index (χ0) is 15.7. The van der Waals surface area contributed by atoms with Crippen LogP contribution in [0.2, 0.25) is 0 Å². The molecule has 0 fully saturated rings. The number of aryl methyl sites for hydroxylation is 1. The summed E-state index contributed by atoms with van der Waals surface area (Å²) in [6.07, 6.45) is 0.517. The molecule has 1 atom stereocenters. The number of hydrazone groups is 1. The first-order valence-corrected chi connectivity index (χ1v) is 7.25. The quantitative estimate of drug-likeness (QED) is 0.829. The second-order valence-electron chi connectivity index (χ2n) is 5.52. The van der Waals surface area contributed by atoms with E-state index in [9.17, 15) is 9.18 Å². The van der Waals surface area contributed by atoms with Crippen molar-refractivity contribution in [3.05, 3.63) is 71.0 Å². The lowest BCUT2D eigenvalue weighted by Crippen LogP contribution is -2.25. The third-order valence-corrected chi connectivity index (χ3v) is 3.88. The molecule has 3 nitrogen and oxygen atoms in total. The van der Waals surface area contributed by atoms with Crippen LogP contribution in [0.4, 0.5) is 4.39 Å². The molecule has 0 aromatic heterocycles. The molecule has 1 aliphatic rings. The zero-order valence-electron chi connectivity index (χ0n) is 12.6. The molecule has 0 radical (unpaired) electrons. The largest absolute Gasteiger partial charge is 0.273 e. The fraction of sp³-hybridized carbons (Fsp3) is 0.222. The van der Waals surface area contributed by atoms with Gasteiger partial charge in [-0.15, -0.1) is 0 Å². The van der Waals surface area contributed by atoms with Crippen molar-refractivity contribution in [3.8, 4) is 0 Å². The summed E-state index contributed by atoms with van der Waals surface area (Å²) in [6.45, 7) is 3.47. The van der Waals surface area contributed by atoms with E-state index in [1.54, 1.807) is 18.2 Å². The van der Waals surface area contributed by atoms with Gasteiger partial charge in [0, 0.05) is 18.9 Å². The summed E-state index contributed by atoms with van der Waals surface area (Å²) in [5, 5.41) is 5.80. The standard InChI is InChI=1S/C18H17FN2O/c1-12-7-9-14(10-8-12)17-11-18(21(20-17)13(2)22)15-5-3-4-6-16(15)19/h3-10,18H,11H2,1-2H3/t18-/m1/s1. The van der Waals surface area contributed by atoms with Gasteiger partial charge in [-0.05, 0) is 18.6 Å². The van der Waals surface area contributed by atoms with Crippen LogP contribution in [-0.2, 0) is 4.79 Å². The van der Waals surface area contributed by atoms with Crippen LogP contribution in [0.5, 0.6) is 0 Å². The average Bonchev–Trinajstić information content (AvgIpc) is 2.93. The molecule has 4 heteroatoms. The van der Waals surface area contributed by atoms with E-state index in [-0.39, 0.29) is 17.8 Å². The van der Waals surface area contributed by atoms with E-state index >= 15 is 0 Å². The van der Waals surface area contributed by atoms with E-state index in [0.29, 0.717) is 12.0 Å². The fourth-order valence-electron chi connectivity index (χ4n) is 2.71. The molecule has 3 rings (SSSR count). The molecular weight excluding hydrogens is 279 g/mol. The van der Waals surface area contributed by atoms with Crippen LogP contribution in [-0.4, -0.2) is 16.6 Å². The summed E-state index contributed by atoms with van der Waals surface area (Å²) >= 11 is 0. The van der Waals surface area contributed by atoms with Crippen molar-refractivity contribution in [2.45, 2.75) is 26.3 Å². The van der Waals surface area contributed by atoms with Crippen molar-refractivity contribution in [1.29, 1.82) is 0 Å². The van der Waals surface area contributed by atoms with Crippen molar-refractivity contribution >= 4 is 11.6 Å². The monoisotopic (exact) mass is 296 g/mol. The zero-order valence-corrected chi connectivity index (χ0v) is 12.6. The third-order valence-electron chi connectivity index (χ3n) is 3.88. The summed E-state index contributed by atoms with van der Waals surface area (Å²) in [4.78, 5) is 11.9. The summed E-state index contributed by atoms with van der Waals surface area (Å²) in [5.41, 5.74) is 3.44. The Bertz CT molecular complexity index is 737.